The maximum atomic E-state index is 6.27. The number of hydrogen-bond acceptors (Lipinski definition) is 5. The molecule has 1 N–H and O–H groups in total. The van der Waals surface area contributed by atoms with Gasteiger partial charge in [-0.15, -0.1) is 0 Å². The van der Waals surface area contributed by atoms with E-state index in [0.717, 1.165) is 40.0 Å². The molecule has 0 aliphatic carbocycles. The van der Waals surface area contributed by atoms with Crippen molar-refractivity contribution in [1.82, 2.24) is 10.3 Å². The fourth-order valence-electron chi connectivity index (χ4n) is 4.78. The van der Waals surface area contributed by atoms with Crippen LogP contribution in [0.2, 0.25) is 0 Å². The highest BCUT2D eigenvalue weighted by molar-refractivity contribution is 9.10. The van der Waals surface area contributed by atoms with Gasteiger partial charge in [-0.05, 0) is 51.9 Å². The molecule has 0 saturated carbocycles. The summed E-state index contributed by atoms with van der Waals surface area (Å²) < 4.78 is 13.3. The lowest BCUT2D eigenvalue weighted by Gasteiger charge is -2.48. The van der Waals surface area contributed by atoms with Crippen molar-refractivity contribution >= 4 is 33.0 Å². The topological polar surface area (TPSA) is 50.5 Å². The predicted molar refractivity (Wildman–Crippen MR) is 123 cm³/mol. The van der Waals surface area contributed by atoms with Gasteiger partial charge in [0.1, 0.15) is 12.4 Å². The summed E-state index contributed by atoms with van der Waals surface area (Å²) >= 11 is 3.62. The van der Waals surface area contributed by atoms with Crippen LogP contribution >= 0.6 is 15.9 Å². The van der Waals surface area contributed by atoms with E-state index in [4.69, 9.17) is 14.1 Å². The average Bonchev–Trinajstić information content (AvgIpc) is 3.31. The first-order valence-corrected chi connectivity index (χ1v) is 11.4. The predicted octanol–water partition coefficient (Wildman–Crippen LogP) is 5.53. The molecule has 3 aromatic rings. The van der Waals surface area contributed by atoms with Crippen LogP contribution in [0.25, 0.3) is 11.1 Å². The molecule has 2 aliphatic heterocycles. The van der Waals surface area contributed by atoms with Crippen LogP contribution in [0, 0.1) is 5.41 Å². The summed E-state index contributed by atoms with van der Waals surface area (Å²) in [7, 11) is 0. The number of benzene rings is 2. The molecule has 2 fully saturated rings. The number of aromatic nitrogens is 1. The minimum atomic E-state index is 0.0838. The molecule has 3 heterocycles. The summed E-state index contributed by atoms with van der Waals surface area (Å²) in [6.45, 7) is 9.29. The zero-order valence-electron chi connectivity index (χ0n) is 17.7. The third kappa shape index (κ3) is 3.40. The summed E-state index contributed by atoms with van der Waals surface area (Å²) in [5.41, 5.74) is 2.89. The van der Waals surface area contributed by atoms with Gasteiger partial charge >= 0.3 is 0 Å². The molecule has 1 aromatic heterocycles. The van der Waals surface area contributed by atoms with Crippen LogP contribution in [0.4, 0.5) is 6.01 Å². The molecule has 0 amide bonds. The number of nitrogens with zero attached hydrogens (tertiary/aromatic N) is 2. The molecule has 0 spiro atoms. The highest BCUT2D eigenvalue weighted by Crippen LogP contribution is 2.44. The van der Waals surface area contributed by atoms with E-state index >= 15 is 0 Å². The van der Waals surface area contributed by atoms with E-state index in [1.54, 1.807) is 0 Å². The summed E-state index contributed by atoms with van der Waals surface area (Å²) in [6.07, 6.45) is 2.39. The van der Waals surface area contributed by atoms with Crippen molar-refractivity contribution < 1.29 is 9.15 Å². The first-order valence-electron chi connectivity index (χ1n) is 10.6. The van der Waals surface area contributed by atoms with Crippen molar-refractivity contribution in [3.63, 3.8) is 0 Å². The van der Waals surface area contributed by atoms with Crippen LogP contribution in [0.15, 0.2) is 51.4 Å². The van der Waals surface area contributed by atoms with Crippen LogP contribution in [-0.4, -0.2) is 29.7 Å². The summed E-state index contributed by atoms with van der Waals surface area (Å²) in [6, 6.07) is 15.3. The molecular formula is C24H28BrN3O2. The monoisotopic (exact) mass is 469 g/mol. The van der Waals surface area contributed by atoms with Gasteiger partial charge in [0, 0.05) is 24.7 Å². The smallest absolute Gasteiger partial charge is 0.298 e. The number of anilines is 1. The van der Waals surface area contributed by atoms with Crippen molar-refractivity contribution in [3.05, 3.63) is 52.5 Å². The van der Waals surface area contributed by atoms with Crippen molar-refractivity contribution in [1.29, 1.82) is 0 Å². The van der Waals surface area contributed by atoms with Gasteiger partial charge in [0.25, 0.3) is 6.01 Å². The highest BCUT2D eigenvalue weighted by Gasteiger charge is 2.52. The van der Waals surface area contributed by atoms with Crippen LogP contribution in [0.1, 0.15) is 39.2 Å². The minimum Gasteiger partial charge on any atom is -0.486 e. The van der Waals surface area contributed by atoms with Crippen molar-refractivity contribution in [2.45, 2.75) is 51.8 Å². The van der Waals surface area contributed by atoms with Gasteiger partial charge in [0.05, 0.1) is 4.47 Å². The number of hydrogen-bond donors (Lipinski definition) is 1. The summed E-state index contributed by atoms with van der Waals surface area (Å²) in [4.78, 5) is 7.21. The van der Waals surface area contributed by atoms with Gasteiger partial charge in [-0.1, -0.05) is 51.1 Å². The molecule has 2 atom stereocenters. The van der Waals surface area contributed by atoms with Crippen LogP contribution in [0.5, 0.6) is 5.75 Å². The second-order valence-electron chi connectivity index (χ2n) is 9.59. The molecule has 2 aromatic carbocycles. The SMILES string of the molecule is CC(C)(C)C12CCC(CN(c3nc4c(OCc5ccccc5)ccc(Br)c4o3)C1)N2. The minimum absolute atomic E-state index is 0.0838. The Labute approximate surface area is 185 Å². The molecule has 2 bridgehead atoms. The first-order chi connectivity index (χ1) is 14.3. The molecule has 158 valence electrons. The Hall–Kier alpha value is -2.05. The second-order valence-corrected chi connectivity index (χ2v) is 10.4. The van der Waals surface area contributed by atoms with E-state index in [9.17, 15) is 0 Å². The lowest BCUT2D eigenvalue weighted by Crippen LogP contribution is -2.65. The second kappa shape index (κ2) is 7.27. The number of halogens is 1. The van der Waals surface area contributed by atoms with Gasteiger partial charge < -0.3 is 19.4 Å². The van der Waals surface area contributed by atoms with Crippen molar-refractivity contribution in [3.8, 4) is 5.75 Å². The van der Waals surface area contributed by atoms with E-state index in [2.05, 4.69) is 59.1 Å². The fraction of sp³-hybridized carbons (Fsp3) is 0.458. The Balaban J connectivity index is 1.45. The zero-order valence-corrected chi connectivity index (χ0v) is 19.3. The highest BCUT2D eigenvalue weighted by atomic mass is 79.9. The van der Waals surface area contributed by atoms with E-state index in [1.165, 1.54) is 12.8 Å². The number of nitrogens with one attached hydrogen (secondary N) is 1. The quantitative estimate of drug-likeness (QED) is 0.544. The van der Waals surface area contributed by atoms with E-state index < -0.39 is 0 Å². The molecular weight excluding hydrogens is 442 g/mol. The van der Waals surface area contributed by atoms with Gasteiger partial charge in [0.15, 0.2) is 11.1 Å². The largest absolute Gasteiger partial charge is 0.486 e. The number of ether oxygens (including phenoxy) is 1. The summed E-state index contributed by atoms with van der Waals surface area (Å²) in [5.74, 6) is 0.746. The molecule has 2 unspecified atom stereocenters. The molecule has 0 radical (unpaired) electrons. The Morgan fingerprint density at radius 2 is 2.03 bits per heavy atom. The maximum Gasteiger partial charge on any atom is 0.298 e. The van der Waals surface area contributed by atoms with Gasteiger partial charge in [-0.3, -0.25) is 0 Å². The Bertz CT molecular complexity index is 1060. The Morgan fingerprint density at radius 1 is 1.23 bits per heavy atom. The van der Waals surface area contributed by atoms with Crippen molar-refractivity contribution in [2.24, 2.45) is 5.41 Å². The normalized spacial score (nSPS) is 23.9. The van der Waals surface area contributed by atoms with Crippen LogP contribution < -0.4 is 15.0 Å². The van der Waals surface area contributed by atoms with Crippen molar-refractivity contribution in [2.75, 3.05) is 18.0 Å². The lowest BCUT2D eigenvalue weighted by molar-refractivity contribution is 0.143. The maximum absolute atomic E-state index is 6.27. The number of rotatable bonds is 4. The Kier molecular flexibility index (Phi) is 4.82. The first kappa shape index (κ1) is 19.9. The molecule has 2 aliphatic rings. The lowest BCUT2D eigenvalue weighted by atomic mass is 9.72. The molecule has 5 nitrogen and oxygen atoms in total. The molecule has 5 rings (SSSR count). The third-order valence-electron chi connectivity index (χ3n) is 6.69. The number of piperazine rings is 1. The average molecular weight is 470 g/mol. The molecule has 2 saturated heterocycles. The van der Waals surface area contributed by atoms with Crippen LogP contribution in [0.3, 0.4) is 0 Å². The number of oxazole rings is 1. The third-order valence-corrected chi connectivity index (χ3v) is 7.32. The van der Waals surface area contributed by atoms with E-state index in [1.807, 2.05) is 30.3 Å². The summed E-state index contributed by atoms with van der Waals surface area (Å²) in [5, 5.41) is 3.89. The fourth-order valence-corrected chi connectivity index (χ4v) is 5.18. The van der Waals surface area contributed by atoms with Gasteiger partial charge in [-0.25, -0.2) is 0 Å². The van der Waals surface area contributed by atoms with Gasteiger partial charge in [0.2, 0.25) is 0 Å². The molecule has 30 heavy (non-hydrogen) atoms. The molecule has 6 heteroatoms. The Morgan fingerprint density at radius 3 is 2.80 bits per heavy atom. The van der Waals surface area contributed by atoms with E-state index in [-0.39, 0.29) is 11.0 Å². The van der Waals surface area contributed by atoms with Crippen LogP contribution in [-0.2, 0) is 6.61 Å². The van der Waals surface area contributed by atoms with E-state index in [0.29, 0.717) is 18.7 Å². The number of fused-ring (bicyclic) bond motifs is 3. The van der Waals surface area contributed by atoms with Gasteiger partial charge in [-0.2, -0.15) is 4.98 Å². The standard InChI is InChI=1S/C24H28BrN3O2/c1-23(2,3)24-12-11-17(27-24)13-28(15-24)22-26-20-19(10-9-18(25)21(20)30-22)29-14-16-7-5-4-6-8-16/h4-10,17,27H,11-15H2,1-3H3. The zero-order chi connectivity index (χ0) is 20.9.